The summed E-state index contributed by atoms with van der Waals surface area (Å²) in [5.41, 5.74) is 1.67. The molecule has 0 aromatic heterocycles. The zero-order valence-electron chi connectivity index (χ0n) is 12.8. The van der Waals surface area contributed by atoms with Gasteiger partial charge in [-0.25, -0.2) is 0 Å². The van der Waals surface area contributed by atoms with Crippen LogP contribution < -0.4 is 10.1 Å². The van der Waals surface area contributed by atoms with Gasteiger partial charge in [0, 0.05) is 13.0 Å². The molecule has 1 atom stereocenters. The Morgan fingerprint density at radius 2 is 1.82 bits per heavy atom. The van der Waals surface area contributed by atoms with Crippen molar-refractivity contribution in [3.63, 3.8) is 0 Å². The molecular formula is C19H21NO2. The van der Waals surface area contributed by atoms with E-state index in [2.05, 4.69) is 17.4 Å². The molecule has 1 N–H and O–H groups in total. The fourth-order valence-electron chi connectivity index (χ4n) is 3.19. The van der Waals surface area contributed by atoms with E-state index in [1.807, 2.05) is 42.5 Å². The summed E-state index contributed by atoms with van der Waals surface area (Å²) in [5, 5.41) is 3.52. The first-order valence-electron chi connectivity index (χ1n) is 7.71. The quantitative estimate of drug-likeness (QED) is 0.918. The molecule has 114 valence electrons. The van der Waals surface area contributed by atoms with Crippen molar-refractivity contribution in [3.8, 4) is 5.75 Å². The van der Waals surface area contributed by atoms with Gasteiger partial charge in [-0.2, -0.15) is 0 Å². The Balaban J connectivity index is 1.86. The van der Waals surface area contributed by atoms with Crippen LogP contribution in [0.15, 0.2) is 54.6 Å². The highest BCUT2D eigenvalue weighted by molar-refractivity contribution is 5.91. The lowest BCUT2D eigenvalue weighted by Crippen LogP contribution is -2.45. The van der Waals surface area contributed by atoms with Gasteiger partial charge in [0.15, 0.2) is 5.78 Å². The van der Waals surface area contributed by atoms with Gasteiger partial charge in [-0.1, -0.05) is 42.5 Å². The van der Waals surface area contributed by atoms with Gasteiger partial charge < -0.3 is 4.74 Å². The first-order valence-corrected chi connectivity index (χ1v) is 7.71. The Hall–Kier alpha value is -2.13. The molecule has 1 unspecified atom stereocenters. The van der Waals surface area contributed by atoms with E-state index in [4.69, 9.17) is 4.74 Å². The normalized spacial score (nSPS) is 21.0. The third-order valence-electron chi connectivity index (χ3n) is 4.45. The van der Waals surface area contributed by atoms with Gasteiger partial charge in [0.05, 0.1) is 7.11 Å². The van der Waals surface area contributed by atoms with Crippen LogP contribution in [0.5, 0.6) is 5.75 Å². The monoisotopic (exact) mass is 295 g/mol. The maximum atomic E-state index is 12.6. The molecule has 2 aromatic rings. The van der Waals surface area contributed by atoms with Crippen molar-refractivity contribution in [1.29, 1.82) is 0 Å². The molecule has 0 radical (unpaired) electrons. The van der Waals surface area contributed by atoms with Gasteiger partial charge in [0.2, 0.25) is 0 Å². The van der Waals surface area contributed by atoms with E-state index in [1.54, 1.807) is 7.11 Å². The van der Waals surface area contributed by atoms with Crippen LogP contribution in [0.1, 0.15) is 30.4 Å². The van der Waals surface area contributed by atoms with E-state index in [0.29, 0.717) is 13.0 Å². The highest BCUT2D eigenvalue weighted by Gasteiger charge is 2.42. The minimum atomic E-state index is -0.553. The summed E-state index contributed by atoms with van der Waals surface area (Å²) in [6.45, 7) is 0.693. The number of hydrogen-bond acceptors (Lipinski definition) is 3. The Bertz CT molecular complexity index is 636. The third kappa shape index (κ3) is 2.77. The number of rotatable bonds is 5. The molecule has 0 aliphatic heterocycles. The number of carbonyl (C=O) groups is 1. The second kappa shape index (κ2) is 6.32. The number of ether oxygens (including phenoxy) is 1. The van der Waals surface area contributed by atoms with E-state index >= 15 is 0 Å². The van der Waals surface area contributed by atoms with Gasteiger partial charge in [-0.3, -0.25) is 10.1 Å². The predicted molar refractivity (Wildman–Crippen MR) is 86.8 cm³/mol. The number of ketones is 1. The molecule has 1 saturated carbocycles. The second-order valence-electron chi connectivity index (χ2n) is 5.75. The van der Waals surface area contributed by atoms with Crippen molar-refractivity contribution < 1.29 is 9.53 Å². The van der Waals surface area contributed by atoms with Crippen LogP contribution in [0, 0.1) is 0 Å². The minimum Gasteiger partial charge on any atom is -0.497 e. The zero-order chi connectivity index (χ0) is 15.4. The lowest BCUT2D eigenvalue weighted by atomic mass is 9.87. The van der Waals surface area contributed by atoms with Crippen molar-refractivity contribution in [2.45, 2.75) is 31.3 Å². The molecule has 0 heterocycles. The molecule has 0 bridgehead atoms. The molecule has 2 aromatic carbocycles. The number of carbonyl (C=O) groups excluding carboxylic acids is 1. The molecule has 1 aliphatic rings. The Kier molecular flexibility index (Phi) is 4.25. The maximum Gasteiger partial charge on any atom is 0.157 e. The number of benzene rings is 2. The maximum absolute atomic E-state index is 12.6. The molecule has 22 heavy (non-hydrogen) atoms. The largest absolute Gasteiger partial charge is 0.497 e. The molecule has 1 aliphatic carbocycles. The molecule has 3 nitrogen and oxygen atoms in total. The lowest BCUT2D eigenvalue weighted by Gasteiger charge is -2.30. The summed E-state index contributed by atoms with van der Waals surface area (Å²) in [7, 11) is 1.65. The van der Waals surface area contributed by atoms with Crippen LogP contribution in [0.2, 0.25) is 0 Å². The summed E-state index contributed by atoms with van der Waals surface area (Å²) in [5.74, 6) is 1.10. The van der Waals surface area contributed by atoms with Crippen molar-refractivity contribution in [2.75, 3.05) is 7.11 Å². The van der Waals surface area contributed by atoms with Crippen LogP contribution >= 0.6 is 0 Å². The van der Waals surface area contributed by atoms with E-state index in [9.17, 15) is 4.79 Å². The van der Waals surface area contributed by atoms with Gasteiger partial charge in [-0.15, -0.1) is 0 Å². The number of hydrogen-bond donors (Lipinski definition) is 1. The van der Waals surface area contributed by atoms with Crippen LogP contribution in [0.25, 0.3) is 0 Å². The van der Waals surface area contributed by atoms with Gasteiger partial charge in [0.25, 0.3) is 0 Å². The molecule has 0 amide bonds. The highest BCUT2D eigenvalue weighted by atomic mass is 16.5. The van der Waals surface area contributed by atoms with Crippen molar-refractivity contribution >= 4 is 5.78 Å². The Labute approximate surface area is 131 Å². The van der Waals surface area contributed by atoms with Gasteiger partial charge >= 0.3 is 0 Å². The minimum absolute atomic E-state index is 0.286. The van der Waals surface area contributed by atoms with Crippen LogP contribution in [0.3, 0.4) is 0 Å². The average Bonchev–Trinajstić information content (AvgIpc) is 2.96. The topological polar surface area (TPSA) is 38.3 Å². The first kappa shape index (κ1) is 14.8. The van der Waals surface area contributed by atoms with Gasteiger partial charge in [0.1, 0.15) is 11.3 Å². The van der Waals surface area contributed by atoms with Gasteiger partial charge in [-0.05, 0) is 36.1 Å². The van der Waals surface area contributed by atoms with Crippen molar-refractivity contribution in [2.24, 2.45) is 0 Å². The van der Waals surface area contributed by atoms with Crippen molar-refractivity contribution in [1.82, 2.24) is 5.32 Å². The third-order valence-corrected chi connectivity index (χ3v) is 4.45. The molecule has 3 rings (SSSR count). The molecular weight excluding hydrogens is 274 g/mol. The summed E-state index contributed by atoms with van der Waals surface area (Å²) < 4.78 is 5.22. The highest BCUT2D eigenvalue weighted by Crippen LogP contribution is 2.36. The van der Waals surface area contributed by atoms with Crippen LogP contribution in [-0.2, 0) is 16.9 Å². The molecule has 0 saturated heterocycles. The summed E-state index contributed by atoms with van der Waals surface area (Å²) in [6.07, 6.45) is 2.44. The zero-order valence-corrected chi connectivity index (χ0v) is 12.8. The molecule has 3 heteroatoms. The Morgan fingerprint density at radius 3 is 2.41 bits per heavy atom. The first-order chi connectivity index (χ1) is 10.7. The summed E-state index contributed by atoms with van der Waals surface area (Å²) in [4.78, 5) is 12.6. The van der Waals surface area contributed by atoms with E-state index in [-0.39, 0.29) is 5.78 Å². The van der Waals surface area contributed by atoms with Crippen molar-refractivity contribution in [3.05, 3.63) is 65.7 Å². The molecule has 0 spiro atoms. The number of methoxy groups -OCH3 is 1. The fourth-order valence-corrected chi connectivity index (χ4v) is 3.19. The SMILES string of the molecule is COc1ccc(C2(NCc3ccccc3)CCCC2=O)cc1. The van der Waals surface area contributed by atoms with E-state index in [1.165, 1.54) is 5.56 Å². The van der Waals surface area contributed by atoms with E-state index < -0.39 is 5.54 Å². The van der Waals surface area contributed by atoms with Crippen LogP contribution in [-0.4, -0.2) is 12.9 Å². The standard InChI is InChI=1S/C19H21NO2/c1-22-17-11-9-16(10-12-17)19(13-5-8-18(19)21)20-14-15-6-3-2-4-7-15/h2-4,6-7,9-12,20H,5,8,13-14H2,1H3. The number of nitrogens with one attached hydrogen (secondary N) is 1. The molecule has 1 fully saturated rings. The number of Topliss-reactive ketones (excluding diaryl/α,β-unsaturated/α-hetero) is 1. The Morgan fingerprint density at radius 1 is 1.09 bits per heavy atom. The predicted octanol–water partition coefficient (Wildman–Crippen LogP) is 3.43. The fraction of sp³-hybridized carbons (Fsp3) is 0.316. The second-order valence-corrected chi connectivity index (χ2v) is 5.75. The summed E-state index contributed by atoms with van der Waals surface area (Å²) >= 11 is 0. The van der Waals surface area contributed by atoms with E-state index in [0.717, 1.165) is 24.2 Å². The average molecular weight is 295 g/mol. The smallest absolute Gasteiger partial charge is 0.157 e. The van der Waals surface area contributed by atoms with Crippen LogP contribution in [0.4, 0.5) is 0 Å². The summed E-state index contributed by atoms with van der Waals surface area (Å²) in [6, 6.07) is 18.0. The lowest BCUT2D eigenvalue weighted by molar-refractivity contribution is -0.123.